The lowest BCUT2D eigenvalue weighted by Gasteiger charge is -2.17. The average molecular weight is 199 g/mol. The first-order valence-corrected chi connectivity index (χ1v) is 3.96. The first-order chi connectivity index (χ1) is 6.49. The van der Waals surface area contributed by atoms with Crippen LogP contribution in [-0.4, -0.2) is 54.8 Å². The Labute approximate surface area is 80.8 Å². The van der Waals surface area contributed by atoms with Crippen LogP contribution in [0.15, 0.2) is 0 Å². The van der Waals surface area contributed by atoms with Crippen LogP contribution in [0.1, 0.15) is 0 Å². The summed E-state index contributed by atoms with van der Waals surface area (Å²) in [5, 5.41) is 0. The van der Waals surface area contributed by atoms with E-state index < -0.39 is 23.8 Å². The van der Waals surface area contributed by atoms with Gasteiger partial charge in [0, 0.05) is 0 Å². The molecule has 1 aliphatic rings. The number of urea groups is 1. The van der Waals surface area contributed by atoms with Crippen LogP contribution >= 0.6 is 0 Å². The molecule has 1 unspecified atom stereocenters. The molecule has 0 saturated heterocycles. The van der Waals surface area contributed by atoms with E-state index in [1.54, 1.807) is 0 Å². The minimum atomic E-state index is -1.02. The van der Waals surface area contributed by atoms with E-state index >= 15 is 0 Å². The molecule has 1 atom stereocenters. The van der Waals surface area contributed by atoms with Crippen molar-refractivity contribution in [3.8, 4) is 0 Å². The monoisotopic (exact) mass is 199 g/mol. The molecule has 0 N–H and O–H groups in total. The number of imide groups is 1. The van der Waals surface area contributed by atoms with E-state index in [2.05, 4.69) is 4.74 Å². The second-order valence-corrected chi connectivity index (χ2v) is 2.94. The normalized spacial score (nSPS) is 22.1. The summed E-state index contributed by atoms with van der Waals surface area (Å²) in [7, 11) is 3.99. The fraction of sp³-hybridized carbons (Fsp3) is 0.500. The second kappa shape index (κ2) is 3.57. The number of esters is 1. The molecule has 6 heteroatoms. The molecule has 76 valence electrons. The number of carbonyl (C=O) groups is 3. The lowest BCUT2D eigenvalue weighted by atomic mass is 10.1. The molecule has 0 aliphatic carbocycles. The van der Waals surface area contributed by atoms with Crippen LogP contribution in [0.5, 0.6) is 0 Å². The van der Waals surface area contributed by atoms with E-state index in [0.717, 1.165) is 4.90 Å². The average Bonchev–Trinajstić information content (AvgIpc) is 2.19. The summed E-state index contributed by atoms with van der Waals surface area (Å²) in [6.45, 7) is 0. The summed E-state index contributed by atoms with van der Waals surface area (Å²) in [5.74, 6) is -2.26. The standard InChI is InChI=1S/C8H11N2O4/c1-9-4-5(7(12)14-3)6(11)10(2)8(9)13/h4-5H,1-3H3/q+1. The Morgan fingerprint density at radius 3 is 2.64 bits per heavy atom. The van der Waals surface area contributed by atoms with Gasteiger partial charge in [0.1, 0.15) is 0 Å². The van der Waals surface area contributed by atoms with Crippen molar-refractivity contribution in [1.82, 2.24) is 4.90 Å². The minimum absolute atomic E-state index is 0.463. The molecule has 0 fully saturated rings. The van der Waals surface area contributed by atoms with E-state index in [4.69, 9.17) is 0 Å². The number of rotatable bonds is 1. The van der Waals surface area contributed by atoms with Crippen molar-refractivity contribution in [2.24, 2.45) is 5.92 Å². The van der Waals surface area contributed by atoms with Gasteiger partial charge in [-0.2, -0.15) is 9.69 Å². The largest absolute Gasteiger partial charge is 0.500 e. The smallest absolute Gasteiger partial charge is 0.468 e. The van der Waals surface area contributed by atoms with E-state index in [-0.39, 0.29) is 0 Å². The number of nitrogens with zero attached hydrogens (tertiary/aromatic N) is 2. The Balaban J connectivity index is 3.05. The summed E-state index contributed by atoms with van der Waals surface area (Å²) in [6.07, 6.45) is 1.25. The molecule has 0 radical (unpaired) electrons. The molecule has 0 spiro atoms. The highest BCUT2D eigenvalue weighted by Gasteiger charge is 2.43. The third-order valence-corrected chi connectivity index (χ3v) is 2.01. The lowest BCUT2D eigenvalue weighted by molar-refractivity contribution is -0.401. The van der Waals surface area contributed by atoms with E-state index in [9.17, 15) is 14.4 Å². The summed E-state index contributed by atoms with van der Waals surface area (Å²) < 4.78 is 5.62. The Bertz CT molecular complexity index is 334. The van der Waals surface area contributed by atoms with Crippen molar-refractivity contribution in [2.75, 3.05) is 21.2 Å². The van der Waals surface area contributed by atoms with Crippen LogP contribution in [-0.2, 0) is 14.3 Å². The molecule has 3 amide bonds. The summed E-state index contributed by atoms with van der Waals surface area (Å²) >= 11 is 0. The van der Waals surface area contributed by atoms with E-state index in [1.807, 2.05) is 0 Å². The predicted octanol–water partition coefficient (Wildman–Crippen LogP) is -0.919. The van der Waals surface area contributed by atoms with Crippen LogP contribution in [0.2, 0.25) is 0 Å². The maximum Gasteiger partial charge on any atom is 0.500 e. The van der Waals surface area contributed by atoms with Gasteiger partial charge < -0.3 is 4.74 Å². The highest BCUT2D eigenvalue weighted by molar-refractivity contribution is 6.15. The number of hydrogen-bond acceptors (Lipinski definition) is 4. The van der Waals surface area contributed by atoms with Gasteiger partial charge in [-0.15, -0.1) is 0 Å². The highest BCUT2D eigenvalue weighted by Crippen LogP contribution is 2.07. The van der Waals surface area contributed by atoms with Gasteiger partial charge in [-0.3, -0.25) is 4.79 Å². The molecule has 0 aromatic carbocycles. The maximum atomic E-state index is 11.4. The zero-order valence-electron chi connectivity index (χ0n) is 8.18. The van der Waals surface area contributed by atoms with E-state index in [1.165, 1.54) is 32.0 Å². The van der Waals surface area contributed by atoms with Gasteiger partial charge in [-0.25, -0.2) is 9.37 Å². The van der Waals surface area contributed by atoms with Crippen molar-refractivity contribution in [3.63, 3.8) is 0 Å². The van der Waals surface area contributed by atoms with Crippen LogP contribution in [0.4, 0.5) is 4.79 Å². The van der Waals surface area contributed by atoms with Crippen molar-refractivity contribution in [1.29, 1.82) is 0 Å². The molecule has 0 saturated carbocycles. The number of ether oxygens (including phenoxy) is 1. The molecule has 1 aliphatic heterocycles. The molecule has 1 rings (SSSR count). The Morgan fingerprint density at radius 1 is 1.57 bits per heavy atom. The topological polar surface area (TPSA) is 66.7 Å². The van der Waals surface area contributed by atoms with Gasteiger partial charge in [-0.1, -0.05) is 0 Å². The van der Waals surface area contributed by atoms with Gasteiger partial charge in [0.2, 0.25) is 5.92 Å². The second-order valence-electron chi connectivity index (χ2n) is 2.94. The minimum Gasteiger partial charge on any atom is -0.468 e. The lowest BCUT2D eigenvalue weighted by Crippen LogP contribution is -2.50. The first-order valence-electron chi connectivity index (χ1n) is 3.96. The molecule has 0 aromatic heterocycles. The summed E-state index contributed by atoms with van der Waals surface area (Å²) in [6, 6.07) is -0.463. The third-order valence-electron chi connectivity index (χ3n) is 2.01. The number of methoxy groups -OCH3 is 1. The Kier molecular flexibility index (Phi) is 2.64. The summed E-state index contributed by atoms with van der Waals surface area (Å²) in [5.41, 5.74) is 0. The van der Waals surface area contributed by atoms with Crippen molar-refractivity contribution in [3.05, 3.63) is 0 Å². The van der Waals surface area contributed by atoms with Gasteiger partial charge >= 0.3 is 17.9 Å². The van der Waals surface area contributed by atoms with Crippen molar-refractivity contribution >= 4 is 24.1 Å². The Morgan fingerprint density at radius 2 is 2.14 bits per heavy atom. The number of amides is 3. The van der Waals surface area contributed by atoms with Crippen LogP contribution < -0.4 is 0 Å². The molecule has 1 heterocycles. The van der Waals surface area contributed by atoms with Crippen LogP contribution in [0.3, 0.4) is 0 Å². The fourth-order valence-electron chi connectivity index (χ4n) is 1.18. The summed E-state index contributed by atoms with van der Waals surface area (Å²) in [4.78, 5) is 34.7. The highest BCUT2D eigenvalue weighted by atomic mass is 16.5. The van der Waals surface area contributed by atoms with Crippen molar-refractivity contribution < 1.29 is 23.7 Å². The molecular weight excluding hydrogens is 188 g/mol. The fourth-order valence-corrected chi connectivity index (χ4v) is 1.18. The van der Waals surface area contributed by atoms with Crippen LogP contribution in [0, 0.1) is 5.92 Å². The first kappa shape index (κ1) is 10.4. The molecule has 0 aromatic rings. The zero-order valence-corrected chi connectivity index (χ0v) is 8.18. The number of carbonyl (C=O) groups excluding carboxylic acids is 3. The van der Waals surface area contributed by atoms with Crippen molar-refractivity contribution in [2.45, 2.75) is 0 Å². The van der Waals surface area contributed by atoms with Gasteiger partial charge in [0.05, 0.1) is 27.4 Å². The van der Waals surface area contributed by atoms with Gasteiger partial charge in [-0.05, 0) is 0 Å². The Hall–Kier alpha value is -1.72. The third kappa shape index (κ3) is 1.50. The molecule has 14 heavy (non-hydrogen) atoms. The van der Waals surface area contributed by atoms with Crippen LogP contribution in [0.25, 0.3) is 0 Å². The predicted molar refractivity (Wildman–Crippen MR) is 45.9 cm³/mol. The SMILES string of the molecule is COC(=O)C1C=[N+](C)C(=O)N(C)C1=O. The molecular formula is C8H11N2O4+. The quantitative estimate of drug-likeness (QED) is 0.311. The zero-order chi connectivity index (χ0) is 10.9. The molecule has 0 bridgehead atoms. The van der Waals surface area contributed by atoms with Gasteiger partial charge in [0.15, 0.2) is 0 Å². The number of hydrogen-bond donors (Lipinski definition) is 0. The molecule has 6 nitrogen and oxygen atoms in total. The maximum absolute atomic E-state index is 11.4. The van der Waals surface area contributed by atoms with Gasteiger partial charge in [0.25, 0.3) is 0 Å². The van der Waals surface area contributed by atoms with E-state index in [0.29, 0.717) is 0 Å².